The summed E-state index contributed by atoms with van der Waals surface area (Å²) in [5, 5.41) is 0.537. The maximum atomic E-state index is 12.3. The molecular formula is C18H27ClO4S2. The summed E-state index contributed by atoms with van der Waals surface area (Å²) >= 11 is 5.82. The van der Waals surface area contributed by atoms with Gasteiger partial charge in [-0.15, -0.1) is 0 Å². The number of carbonyl (C=O) groups excluding carboxylic acids is 1. The number of halogens is 1. The Bertz CT molecular complexity index is 553. The largest absolute Gasteiger partial charge is 0.457 e. The van der Waals surface area contributed by atoms with Crippen LogP contribution >= 0.6 is 11.6 Å². The minimum atomic E-state index is -1.08. The maximum absolute atomic E-state index is 12.3. The fourth-order valence-corrected chi connectivity index (χ4v) is 5.14. The first-order valence-electron chi connectivity index (χ1n) is 8.62. The Balaban J connectivity index is 2.71. The number of unbranched alkanes of at least 4 members (excludes halogenated alkanes) is 2. The number of hydrogen-bond acceptors (Lipinski definition) is 4. The van der Waals surface area contributed by atoms with Crippen LogP contribution in [0, 0.1) is 0 Å². The summed E-state index contributed by atoms with van der Waals surface area (Å²) in [5.41, 5.74) is 0.382. The van der Waals surface area contributed by atoms with Crippen LogP contribution in [0.2, 0.25) is 5.02 Å². The van der Waals surface area contributed by atoms with Crippen LogP contribution in [-0.4, -0.2) is 43.5 Å². The Labute approximate surface area is 160 Å². The van der Waals surface area contributed by atoms with Gasteiger partial charge in [0.15, 0.2) is 0 Å². The standard InChI is InChI=1S/C18H27ClO4S2/c1-3-5-11-24(21)13-17(14-25(22)12-6-4-2)23-18(20)15-7-9-16(19)10-8-15/h7-10,17H,3-6,11-14H2,1-2H3/t24-,25-/m1/s1. The maximum Gasteiger partial charge on any atom is 0.338 e. The Kier molecular flexibility index (Phi) is 11.3. The van der Waals surface area contributed by atoms with E-state index in [4.69, 9.17) is 16.3 Å². The van der Waals surface area contributed by atoms with Gasteiger partial charge in [0.05, 0.1) is 17.1 Å². The second-order valence-electron chi connectivity index (χ2n) is 5.86. The molecule has 0 N–H and O–H groups in total. The first kappa shape index (κ1) is 22.3. The van der Waals surface area contributed by atoms with Crippen LogP contribution in [0.4, 0.5) is 0 Å². The summed E-state index contributed by atoms with van der Waals surface area (Å²) in [5.74, 6) is 1.12. The number of rotatable bonds is 12. The quantitative estimate of drug-likeness (QED) is 0.493. The minimum absolute atomic E-state index is 0.233. The molecule has 0 aliphatic heterocycles. The van der Waals surface area contributed by atoms with E-state index < -0.39 is 33.7 Å². The third-order valence-corrected chi connectivity index (χ3v) is 6.78. The predicted molar refractivity (Wildman–Crippen MR) is 106 cm³/mol. The molecule has 0 radical (unpaired) electrons. The van der Waals surface area contributed by atoms with Crippen LogP contribution in [0.1, 0.15) is 49.9 Å². The Hall–Kier alpha value is -0.720. The van der Waals surface area contributed by atoms with Gasteiger partial charge in [0.25, 0.3) is 0 Å². The van der Waals surface area contributed by atoms with Crippen molar-refractivity contribution in [3.63, 3.8) is 0 Å². The van der Waals surface area contributed by atoms with Crippen molar-refractivity contribution in [2.24, 2.45) is 0 Å². The van der Waals surface area contributed by atoms with Gasteiger partial charge in [-0.2, -0.15) is 0 Å². The summed E-state index contributed by atoms with van der Waals surface area (Å²) in [6.45, 7) is 4.07. The Morgan fingerprint density at radius 3 is 1.92 bits per heavy atom. The Morgan fingerprint density at radius 1 is 1.00 bits per heavy atom. The smallest absolute Gasteiger partial charge is 0.338 e. The van der Waals surface area contributed by atoms with Crippen LogP contribution in [0.5, 0.6) is 0 Å². The lowest BCUT2D eigenvalue weighted by molar-refractivity contribution is 0.0391. The van der Waals surface area contributed by atoms with Gasteiger partial charge in [0, 0.05) is 38.1 Å². The van der Waals surface area contributed by atoms with E-state index in [2.05, 4.69) is 0 Å². The molecule has 0 spiro atoms. The van der Waals surface area contributed by atoms with Gasteiger partial charge in [-0.3, -0.25) is 8.42 Å². The molecular weight excluding hydrogens is 380 g/mol. The van der Waals surface area contributed by atoms with Crippen molar-refractivity contribution in [1.29, 1.82) is 0 Å². The summed E-state index contributed by atoms with van der Waals surface area (Å²) < 4.78 is 29.9. The van der Waals surface area contributed by atoms with Crippen molar-refractivity contribution in [2.45, 2.75) is 45.6 Å². The molecule has 0 fully saturated rings. The van der Waals surface area contributed by atoms with Crippen LogP contribution in [0.15, 0.2) is 24.3 Å². The van der Waals surface area contributed by atoms with Gasteiger partial charge in [-0.25, -0.2) is 4.79 Å². The van der Waals surface area contributed by atoms with Gasteiger partial charge in [-0.1, -0.05) is 38.3 Å². The second-order valence-corrected chi connectivity index (χ2v) is 9.54. The van der Waals surface area contributed by atoms with E-state index in [1.165, 1.54) is 0 Å². The number of hydrogen-bond donors (Lipinski definition) is 0. The van der Waals surface area contributed by atoms with E-state index >= 15 is 0 Å². The van der Waals surface area contributed by atoms with E-state index in [1.807, 2.05) is 13.8 Å². The molecule has 0 aliphatic carbocycles. The van der Waals surface area contributed by atoms with Gasteiger partial charge in [-0.05, 0) is 37.1 Å². The monoisotopic (exact) mass is 406 g/mol. The lowest BCUT2D eigenvalue weighted by Crippen LogP contribution is -2.31. The Morgan fingerprint density at radius 2 is 1.48 bits per heavy atom. The molecule has 0 aromatic heterocycles. The van der Waals surface area contributed by atoms with E-state index in [1.54, 1.807) is 24.3 Å². The highest BCUT2D eigenvalue weighted by Crippen LogP contribution is 2.12. The zero-order valence-electron chi connectivity index (χ0n) is 14.9. The topological polar surface area (TPSA) is 60.4 Å². The highest BCUT2D eigenvalue weighted by Gasteiger charge is 2.21. The van der Waals surface area contributed by atoms with Gasteiger partial charge in [0.2, 0.25) is 0 Å². The zero-order chi connectivity index (χ0) is 18.7. The summed E-state index contributed by atoms with van der Waals surface area (Å²) in [6, 6.07) is 6.41. The fraction of sp³-hybridized carbons (Fsp3) is 0.611. The highest BCUT2D eigenvalue weighted by molar-refractivity contribution is 7.86. The van der Waals surface area contributed by atoms with Crippen molar-refractivity contribution in [3.05, 3.63) is 34.9 Å². The van der Waals surface area contributed by atoms with Crippen molar-refractivity contribution in [3.8, 4) is 0 Å². The minimum Gasteiger partial charge on any atom is -0.457 e. The molecule has 1 aromatic rings. The molecule has 7 heteroatoms. The van der Waals surface area contributed by atoms with Crippen molar-refractivity contribution < 1.29 is 17.9 Å². The molecule has 25 heavy (non-hydrogen) atoms. The summed E-state index contributed by atoms with van der Waals surface area (Å²) in [4.78, 5) is 12.3. The molecule has 0 aliphatic rings. The average Bonchev–Trinajstić information content (AvgIpc) is 2.58. The van der Waals surface area contributed by atoms with Gasteiger partial charge in [0.1, 0.15) is 6.10 Å². The van der Waals surface area contributed by atoms with Crippen LogP contribution in [0.3, 0.4) is 0 Å². The number of ether oxygens (including phenoxy) is 1. The summed E-state index contributed by atoms with van der Waals surface area (Å²) in [6.07, 6.45) is 3.05. The van der Waals surface area contributed by atoms with Gasteiger partial charge >= 0.3 is 5.97 Å². The molecule has 0 heterocycles. The van der Waals surface area contributed by atoms with Crippen molar-refractivity contribution >= 4 is 39.2 Å². The van der Waals surface area contributed by atoms with Crippen LogP contribution in [-0.2, 0) is 26.3 Å². The molecule has 0 amide bonds. The molecule has 2 atom stereocenters. The SMILES string of the molecule is CCCC[S@@](=O)CC(C[S@](=O)CCCC)OC(=O)c1ccc(Cl)cc1. The molecule has 0 saturated heterocycles. The molecule has 4 nitrogen and oxygen atoms in total. The fourth-order valence-electron chi connectivity index (χ4n) is 2.11. The van der Waals surface area contributed by atoms with Crippen LogP contribution < -0.4 is 0 Å². The average molecular weight is 407 g/mol. The van der Waals surface area contributed by atoms with E-state index in [0.29, 0.717) is 22.1 Å². The number of carbonyl (C=O) groups is 1. The second kappa shape index (κ2) is 12.6. The lowest BCUT2D eigenvalue weighted by atomic mass is 10.2. The normalized spacial score (nSPS) is 13.6. The first-order valence-corrected chi connectivity index (χ1v) is 12.0. The predicted octanol–water partition coefficient (Wildman–Crippen LogP) is 3.96. The lowest BCUT2D eigenvalue weighted by Gasteiger charge is -2.17. The molecule has 1 rings (SSSR count). The molecule has 142 valence electrons. The molecule has 0 saturated carbocycles. The van der Waals surface area contributed by atoms with Crippen molar-refractivity contribution in [2.75, 3.05) is 23.0 Å². The van der Waals surface area contributed by atoms with E-state index in [9.17, 15) is 13.2 Å². The van der Waals surface area contributed by atoms with E-state index in [-0.39, 0.29) is 11.5 Å². The first-order chi connectivity index (χ1) is 12.0. The summed E-state index contributed by atoms with van der Waals surface area (Å²) in [7, 11) is -2.16. The molecule has 0 bridgehead atoms. The molecule has 0 unspecified atom stereocenters. The third kappa shape index (κ3) is 9.52. The molecule has 1 aromatic carbocycles. The van der Waals surface area contributed by atoms with Crippen molar-refractivity contribution in [1.82, 2.24) is 0 Å². The number of benzene rings is 1. The highest BCUT2D eigenvalue weighted by atomic mass is 35.5. The van der Waals surface area contributed by atoms with Crippen LogP contribution in [0.25, 0.3) is 0 Å². The van der Waals surface area contributed by atoms with Gasteiger partial charge < -0.3 is 4.74 Å². The third-order valence-electron chi connectivity index (χ3n) is 3.55. The zero-order valence-corrected chi connectivity index (χ0v) is 17.3. The number of esters is 1. The van der Waals surface area contributed by atoms with E-state index in [0.717, 1.165) is 25.7 Å².